The average molecular weight is 391 g/mol. The third-order valence-corrected chi connectivity index (χ3v) is 4.18. The van der Waals surface area contributed by atoms with Crippen molar-refractivity contribution in [1.82, 2.24) is 10.6 Å². The first-order valence-corrected chi connectivity index (χ1v) is 8.88. The molecule has 0 aliphatic heterocycles. The van der Waals surface area contributed by atoms with Crippen LogP contribution in [0.3, 0.4) is 0 Å². The van der Waals surface area contributed by atoms with Gasteiger partial charge in [0.1, 0.15) is 11.5 Å². The van der Waals surface area contributed by atoms with Gasteiger partial charge in [-0.15, -0.1) is 0 Å². The molecule has 2 aromatic carbocycles. The maximum Gasteiger partial charge on any atom is 0.239 e. The number of methoxy groups -OCH3 is 2. The Kier molecular flexibility index (Phi) is 7.95. The number of rotatable bonds is 9. The van der Waals surface area contributed by atoms with Gasteiger partial charge in [-0.25, -0.2) is 0 Å². The van der Waals surface area contributed by atoms with Gasteiger partial charge in [0.25, 0.3) is 0 Å². The molecule has 27 heavy (non-hydrogen) atoms. The molecule has 7 heteroatoms. The maximum absolute atomic E-state index is 11.9. The van der Waals surface area contributed by atoms with Crippen molar-refractivity contribution in [3.05, 3.63) is 58.6 Å². The molecule has 2 rings (SSSR count). The van der Waals surface area contributed by atoms with Crippen LogP contribution in [0.1, 0.15) is 11.1 Å². The molecule has 0 unspecified atom stereocenters. The molecular weight excluding hydrogens is 368 g/mol. The third-order valence-electron chi connectivity index (χ3n) is 3.93. The molecule has 0 spiro atoms. The Labute approximate surface area is 163 Å². The van der Waals surface area contributed by atoms with E-state index in [0.29, 0.717) is 18.0 Å². The van der Waals surface area contributed by atoms with Gasteiger partial charge in [-0.3, -0.25) is 9.59 Å². The van der Waals surface area contributed by atoms with E-state index in [1.165, 1.54) is 0 Å². The smallest absolute Gasteiger partial charge is 0.239 e. The quantitative estimate of drug-likeness (QED) is 0.689. The Morgan fingerprint density at radius 2 is 1.70 bits per heavy atom. The fourth-order valence-electron chi connectivity index (χ4n) is 2.51. The van der Waals surface area contributed by atoms with Gasteiger partial charge in [0.15, 0.2) is 0 Å². The first-order chi connectivity index (χ1) is 13.0. The number of amides is 2. The SMILES string of the molecule is COc1ccc(OC)c(CCNC(=O)CNC(=O)Cc2ccc(Cl)cc2)c1. The molecule has 2 amide bonds. The summed E-state index contributed by atoms with van der Waals surface area (Å²) in [6.45, 7) is 0.358. The summed E-state index contributed by atoms with van der Waals surface area (Å²) in [6, 6.07) is 12.5. The highest BCUT2D eigenvalue weighted by atomic mass is 35.5. The number of nitrogens with one attached hydrogen (secondary N) is 2. The van der Waals surface area contributed by atoms with Crippen LogP contribution in [-0.4, -0.2) is 39.1 Å². The second-order valence-electron chi connectivity index (χ2n) is 5.86. The van der Waals surface area contributed by atoms with E-state index in [4.69, 9.17) is 21.1 Å². The van der Waals surface area contributed by atoms with Crippen molar-refractivity contribution in [3.8, 4) is 11.5 Å². The minimum Gasteiger partial charge on any atom is -0.497 e. The van der Waals surface area contributed by atoms with E-state index in [-0.39, 0.29) is 24.8 Å². The van der Waals surface area contributed by atoms with Crippen LogP contribution in [0.2, 0.25) is 5.02 Å². The lowest BCUT2D eigenvalue weighted by molar-refractivity contribution is -0.125. The molecule has 0 radical (unpaired) electrons. The standard InChI is InChI=1S/C20H23ClN2O4/c1-26-17-7-8-18(27-2)15(12-17)9-10-22-20(25)13-23-19(24)11-14-3-5-16(21)6-4-14/h3-8,12H,9-11,13H2,1-2H3,(H,22,25)(H,23,24). The van der Waals surface area contributed by atoms with E-state index >= 15 is 0 Å². The zero-order chi connectivity index (χ0) is 19.6. The Morgan fingerprint density at radius 3 is 2.37 bits per heavy atom. The highest BCUT2D eigenvalue weighted by Gasteiger charge is 2.08. The second-order valence-corrected chi connectivity index (χ2v) is 6.29. The lowest BCUT2D eigenvalue weighted by atomic mass is 10.1. The number of ether oxygens (including phenoxy) is 2. The summed E-state index contributed by atoms with van der Waals surface area (Å²) >= 11 is 5.81. The normalized spacial score (nSPS) is 10.2. The van der Waals surface area contributed by atoms with Gasteiger partial charge in [0.05, 0.1) is 27.2 Å². The van der Waals surface area contributed by atoms with Crippen LogP contribution in [0.5, 0.6) is 11.5 Å². The molecule has 0 saturated carbocycles. The van der Waals surface area contributed by atoms with E-state index in [2.05, 4.69) is 10.6 Å². The molecular formula is C20H23ClN2O4. The Bertz CT molecular complexity index is 778. The molecule has 6 nitrogen and oxygen atoms in total. The summed E-state index contributed by atoms with van der Waals surface area (Å²) < 4.78 is 10.5. The van der Waals surface area contributed by atoms with E-state index in [1.54, 1.807) is 38.5 Å². The molecule has 2 N–H and O–H groups in total. The van der Waals surface area contributed by atoms with Gasteiger partial charge >= 0.3 is 0 Å². The van der Waals surface area contributed by atoms with Crippen molar-refractivity contribution in [2.45, 2.75) is 12.8 Å². The monoisotopic (exact) mass is 390 g/mol. The van der Waals surface area contributed by atoms with Crippen molar-refractivity contribution in [3.63, 3.8) is 0 Å². The fraction of sp³-hybridized carbons (Fsp3) is 0.300. The fourth-order valence-corrected chi connectivity index (χ4v) is 2.63. The summed E-state index contributed by atoms with van der Waals surface area (Å²) in [7, 11) is 3.19. The first kappa shape index (κ1) is 20.6. The predicted octanol–water partition coefficient (Wildman–Crippen LogP) is 2.37. The number of halogens is 1. The van der Waals surface area contributed by atoms with Crippen molar-refractivity contribution < 1.29 is 19.1 Å². The molecule has 0 aliphatic rings. The molecule has 0 bridgehead atoms. The second kappa shape index (κ2) is 10.4. The summed E-state index contributed by atoms with van der Waals surface area (Å²) in [5.74, 6) is 0.996. The van der Waals surface area contributed by atoms with Crippen LogP contribution in [-0.2, 0) is 22.4 Å². The van der Waals surface area contributed by atoms with E-state index < -0.39 is 0 Å². The minimum absolute atomic E-state index is 0.0678. The van der Waals surface area contributed by atoms with Crippen molar-refractivity contribution in [1.29, 1.82) is 0 Å². The predicted molar refractivity (Wildman–Crippen MR) is 104 cm³/mol. The number of carbonyl (C=O) groups is 2. The lowest BCUT2D eigenvalue weighted by Gasteiger charge is -2.11. The molecule has 2 aromatic rings. The number of hydrogen-bond acceptors (Lipinski definition) is 4. The summed E-state index contributed by atoms with van der Waals surface area (Å²) in [5, 5.41) is 6.00. The largest absolute Gasteiger partial charge is 0.497 e. The van der Waals surface area contributed by atoms with Gasteiger partial charge in [0.2, 0.25) is 11.8 Å². The summed E-state index contributed by atoms with van der Waals surface area (Å²) in [5.41, 5.74) is 1.77. The highest BCUT2D eigenvalue weighted by molar-refractivity contribution is 6.30. The van der Waals surface area contributed by atoms with Crippen molar-refractivity contribution >= 4 is 23.4 Å². The summed E-state index contributed by atoms with van der Waals surface area (Å²) in [4.78, 5) is 23.8. The molecule has 0 heterocycles. The van der Waals surface area contributed by atoms with E-state index in [9.17, 15) is 9.59 Å². The molecule has 0 aliphatic carbocycles. The van der Waals surface area contributed by atoms with Crippen molar-refractivity contribution in [2.24, 2.45) is 0 Å². The highest BCUT2D eigenvalue weighted by Crippen LogP contribution is 2.24. The minimum atomic E-state index is -0.249. The molecule has 0 aromatic heterocycles. The van der Waals surface area contributed by atoms with Crippen LogP contribution in [0.25, 0.3) is 0 Å². The Balaban J connectivity index is 1.73. The van der Waals surface area contributed by atoms with Crippen LogP contribution in [0.4, 0.5) is 0 Å². The Hall–Kier alpha value is -2.73. The van der Waals surface area contributed by atoms with Crippen molar-refractivity contribution in [2.75, 3.05) is 27.3 Å². The first-order valence-electron chi connectivity index (χ1n) is 8.50. The molecule has 0 atom stereocenters. The van der Waals surface area contributed by atoms with Gasteiger partial charge in [0, 0.05) is 11.6 Å². The zero-order valence-corrected chi connectivity index (χ0v) is 16.1. The van der Waals surface area contributed by atoms with Crippen LogP contribution >= 0.6 is 11.6 Å². The number of hydrogen-bond donors (Lipinski definition) is 2. The number of benzene rings is 2. The van der Waals surface area contributed by atoms with Crippen LogP contribution < -0.4 is 20.1 Å². The maximum atomic E-state index is 11.9. The molecule has 0 fully saturated rings. The molecule has 0 saturated heterocycles. The van der Waals surface area contributed by atoms with Gasteiger partial charge in [-0.2, -0.15) is 0 Å². The van der Waals surface area contributed by atoms with E-state index in [0.717, 1.165) is 22.6 Å². The molecule has 144 valence electrons. The third kappa shape index (κ3) is 6.83. The lowest BCUT2D eigenvalue weighted by Crippen LogP contribution is -2.38. The average Bonchev–Trinajstić information content (AvgIpc) is 2.68. The van der Waals surface area contributed by atoms with E-state index in [1.807, 2.05) is 18.2 Å². The Morgan fingerprint density at radius 1 is 0.963 bits per heavy atom. The summed E-state index contributed by atoms with van der Waals surface area (Å²) in [6.07, 6.45) is 0.788. The topological polar surface area (TPSA) is 76.7 Å². The van der Waals surface area contributed by atoms with Crippen LogP contribution in [0.15, 0.2) is 42.5 Å². The van der Waals surface area contributed by atoms with Gasteiger partial charge in [-0.1, -0.05) is 23.7 Å². The van der Waals surface area contributed by atoms with Gasteiger partial charge in [-0.05, 0) is 47.9 Å². The number of carbonyl (C=O) groups excluding carboxylic acids is 2. The van der Waals surface area contributed by atoms with Gasteiger partial charge < -0.3 is 20.1 Å². The zero-order valence-electron chi connectivity index (χ0n) is 15.4. The van der Waals surface area contributed by atoms with Crippen LogP contribution in [0, 0.1) is 0 Å².